The fourth-order valence-electron chi connectivity index (χ4n) is 2.59. The highest BCUT2D eigenvalue weighted by Crippen LogP contribution is 2.34. The van der Waals surface area contributed by atoms with Crippen molar-refractivity contribution in [3.63, 3.8) is 0 Å². The summed E-state index contributed by atoms with van der Waals surface area (Å²) in [6.07, 6.45) is 12.5. The van der Waals surface area contributed by atoms with Crippen molar-refractivity contribution in [2.75, 3.05) is 5.73 Å². The lowest BCUT2D eigenvalue weighted by atomic mass is 9.88. The van der Waals surface area contributed by atoms with Crippen LogP contribution in [0.3, 0.4) is 0 Å². The van der Waals surface area contributed by atoms with Crippen LogP contribution in [0.1, 0.15) is 19.4 Å². The molecule has 1 aromatic carbocycles. The average molecular weight is 262 g/mol. The van der Waals surface area contributed by atoms with Crippen molar-refractivity contribution in [2.24, 2.45) is 5.41 Å². The summed E-state index contributed by atoms with van der Waals surface area (Å²) in [6, 6.07) is 8.12. The summed E-state index contributed by atoms with van der Waals surface area (Å²) in [5.41, 5.74) is 10.1. The number of benzene rings is 1. The molecule has 1 aliphatic rings. The fourth-order valence-corrected chi connectivity index (χ4v) is 2.59. The molecule has 2 N–H and O–H groups in total. The Kier molecular flexibility index (Phi) is 2.94. The lowest BCUT2D eigenvalue weighted by Gasteiger charge is -2.17. The number of hydrogen-bond donors (Lipinski definition) is 1. The SMILES string of the molecule is CC1(C)C=CC=CC(c2c(N)cnc3ccccc23)=C1. The van der Waals surface area contributed by atoms with Crippen LogP contribution in [0.5, 0.6) is 0 Å². The van der Waals surface area contributed by atoms with Gasteiger partial charge in [0.15, 0.2) is 0 Å². The zero-order chi connectivity index (χ0) is 14.2. The van der Waals surface area contributed by atoms with Crippen LogP contribution in [-0.2, 0) is 0 Å². The molecule has 0 atom stereocenters. The van der Waals surface area contributed by atoms with Crippen molar-refractivity contribution in [3.8, 4) is 0 Å². The van der Waals surface area contributed by atoms with E-state index in [2.05, 4.69) is 55.3 Å². The number of pyridine rings is 1. The van der Waals surface area contributed by atoms with Gasteiger partial charge in [-0.25, -0.2) is 0 Å². The first-order chi connectivity index (χ1) is 9.57. The summed E-state index contributed by atoms with van der Waals surface area (Å²) in [5.74, 6) is 0. The van der Waals surface area contributed by atoms with E-state index in [0.29, 0.717) is 0 Å². The van der Waals surface area contributed by atoms with Crippen LogP contribution in [0.2, 0.25) is 0 Å². The van der Waals surface area contributed by atoms with Crippen LogP contribution in [0, 0.1) is 5.41 Å². The maximum absolute atomic E-state index is 6.20. The molecule has 3 rings (SSSR count). The summed E-state index contributed by atoms with van der Waals surface area (Å²) in [4.78, 5) is 4.40. The molecule has 2 nitrogen and oxygen atoms in total. The van der Waals surface area contributed by atoms with Crippen molar-refractivity contribution in [1.82, 2.24) is 4.98 Å². The number of rotatable bonds is 1. The van der Waals surface area contributed by atoms with E-state index in [1.807, 2.05) is 18.2 Å². The van der Waals surface area contributed by atoms with Gasteiger partial charge in [-0.3, -0.25) is 4.98 Å². The molecule has 0 unspecified atom stereocenters. The third kappa shape index (κ3) is 2.25. The van der Waals surface area contributed by atoms with Crippen LogP contribution >= 0.6 is 0 Å². The van der Waals surface area contributed by atoms with Crippen molar-refractivity contribution < 1.29 is 0 Å². The number of hydrogen-bond acceptors (Lipinski definition) is 2. The van der Waals surface area contributed by atoms with Gasteiger partial charge in [0.2, 0.25) is 0 Å². The quantitative estimate of drug-likeness (QED) is 0.829. The first-order valence-corrected chi connectivity index (χ1v) is 6.79. The van der Waals surface area contributed by atoms with Gasteiger partial charge >= 0.3 is 0 Å². The molecule has 0 radical (unpaired) electrons. The predicted molar refractivity (Wildman–Crippen MR) is 86.2 cm³/mol. The van der Waals surface area contributed by atoms with Gasteiger partial charge in [0.05, 0.1) is 17.4 Å². The molecule has 1 aromatic heterocycles. The van der Waals surface area contributed by atoms with Gasteiger partial charge in [0, 0.05) is 16.4 Å². The summed E-state index contributed by atoms with van der Waals surface area (Å²) in [6.45, 7) is 4.38. The molecule has 20 heavy (non-hydrogen) atoms. The van der Waals surface area contributed by atoms with Gasteiger partial charge < -0.3 is 5.73 Å². The van der Waals surface area contributed by atoms with Gasteiger partial charge in [-0.05, 0) is 11.6 Å². The number of para-hydroxylation sites is 1. The molecule has 1 aliphatic carbocycles. The average Bonchev–Trinajstić information content (AvgIpc) is 2.59. The Balaban J connectivity index is 2.29. The minimum atomic E-state index is 0.00957. The number of nitrogen functional groups attached to an aromatic ring is 1. The van der Waals surface area contributed by atoms with Crippen molar-refractivity contribution >= 4 is 22.2 Å². The van der Waals surface area contributed by atoms with Crippen molar-refractivity contribution in [3.05, 3.63) is 66.4 Å². The van der Waals surface area contributed by atoms with E-state index < -0.39 is 0 Å². The highest BCUT2D eigenvalue weighted by molar-refractivity contribution is 5.99. The molecule has 1 heterocycles. The molecular formula is C18H18N2. The zero-order valence-corrected chi connectivity index (χ0v) is 11.8. The number of anilines is 1. The van der Waals surface area contributed by atoms with E-state index in [9.17, 15) is 0 Å². The minimum Gasteiger partial charge on any atom is -0.397 e. The Morgan fingerprint density at radius 1 is 1.10 bits per heavy atom. The van der Waals surface area contributed by atoms with E-state index in [-0.39, 0.29) is 5.41 Å². The second kappa shape index (κ2) is 4.64. The zero-order valence-electron chi connectivity index (χ0n) is 11.8. The Morgan fingerprint density at radius 3 is 2.75 bits per heavy atom. The molecule has 0 saturated carbocycles. The van der Waals surface area contributed by atoms with Crippen LogP contribution < -0.4 is 5.73 Å². The number of nitrogens with zero attached hydrogens (tertiary/aromatic N) is 1. The molecule has 2 aromatic rings. The van der Waals surface area contributed by atoms with E-state index >= 15 is 0 Å². The Bertz CT molecular complexity index is 749. The molecule has 0 bridgehead atoms. The van der Waals surface area contributed by atoms with Gasteiger partial charge in [-0.2, -0.15) is 0 Å². The maximum atomic E-state index is 6.20. The standard InChI is InChI=1S/C18H18N2/c1-18(2)10-6-5-7-13(11-18)17-14-8-3-4-9-16(14)20-12-15(17)19/h3-12H,19H2,1-2H3. The number of aromatic nitrogens is 1. The normalized spacial score (nSPS) is 17.0. The number of nitrogens with two attached hydrogens (primary N) is 1. The van der Waals surface area contributed by atoms with Gasteiger partial charge in [-0.1, -0.05) is 62.4 Å². The molecule has 2 heteroatoms. The summed E-state index contributed by atoms with van der Waals surface area (Å²) in [5, 5.41) is 1.10. The van der Waals surface area contributed by atoms with E-state index in [0.717, 1.165) is 27.7 Å². The minimum absolute atomic E-state index is 0.00957. The predicted octanol–water partition coefficient (Wildman–Crippen LogP) is 4.35. The third-order valence-electron chi connectivity index (χ3n) is 3.53. The molecular weight excluding hydrogens is 244 g/mol. The molecule has 100 valence electrons. The Morgan fingerprint density at radius 2 is 1.90 bits per heavy atom. The largest absolute Gasteiger partial charge is 0.397 e. The van der Waals surface area contributed by atoms with E-state index in [1.54, 1.807) is 6.20 Å². The van der Waals surface area contributed by atoms with Crippen LogP contribution in [0.4, 0.5) is 5.69 Å². The lowest BCUT2D eigenvalue weighted by Crippen LogP contribution is -2.04. The topological polar surface area (TPSA) is 38.9 Å². The van der Waals surface area contributed by atoms with Crippen LogP contribution in [-0.4, -0.2) is 4.98 Å². The number of allylic oxidation sites excluding steroid dienone is 6. The molecule has 0 spiro atoms. The van der Waals surface area contributed by atoms with Crippen molar-refractivity contribution in [1.29, 1.82) is 0 Å². The molecule has 0 amide bonds. The Hall–Kier alpha value is -2.35. The second-order valence-corrected chi connectivity index (χ2v) is 5.74. The first-order valence-electron chi connectivity index (χ1n) is 6.79. The summed E-state index contributed by atoms with van der Waals surface area (Å²) in [7, 11) is 0. The third-order valence-corrected chi connectivity index (χ3v) is 3.53. The highest BCUT2D eigenvalue weighted by Gasteiger charge is 2.16. The smallest absolute Gasteiger partial charge is 0.0709 e. The molecule has 0 saturated heterocycles. The monoisotopic (exact) mass is 262 g/mol. The van der Waals surface area contributed by atoms with E-state index in [4.69, 9.17) is 5.73 Å². The summed E-state index contributed by atoms with van der Waals surface area (Å²) >= 11 is 0. The van der Waals surface area contributed by atoms with Crippen LogP contribution in [0.15, 0.2) is 60.8 Å². The summed E-state index contributed by atoms with van der Waals surface area (Å²) < 4.78 is 0. The Labute approximate surface area is 119 Å². The fraction of sp³-hybridized carbons (Fsp3) is 0.167. The van der Waals surface area contributed by atoms with Gasteiger partial charge in [0.1, 0.15) is 0 Å². The second-order valence-electron chi connectivity index (χ2n) is 5.74. The highest BCUT2D eigenvalue weighted by atomic mass is 14.7. The van der Waals surface area contributed by atoms with Crippen molar-refractivity contribution in [2.45, 2.75) is 13.8 Å². The van der Waals surface area contributed by atoms with Gasteiger partial charge in [0.25, 0.3) is 0 Å². The van der Waals surface area contributed by atoms with Gasteiger partial charge in [-0.15, -0.1) is 0 Å². The molecule has 0 fully saturated rings. The van der Waals surface area contributed by atoms with Crippen LogP contribution in [0.25, 0.3) is 16.5 Å². The first kappa shape index (κ1) is 12.7. The molecule has 0 aliphatic heterocycles. The lowest BCUT2D eigenvalue weighted by molar-refractivity contribution is 0.629. The number of fused-ring (bicyclic) bond motifs is 1. The maximum Gasteiger partial charge on any atom is 0.0709 e. The van der Waals surface area contributed by atoms with E-state index in [1.165, 1.54) is 0 Å².